The summed E-state index contributed by atoms with van der Waals surface area (Å²) in [5.41, 5.74) is 2.14. The summed E-state index contributed by atoms with van der Waals surface area (Å²) < 4.78 is 12.3. The standard InChI is InChI=1S/C17H21N3O5/c1-10-6-14(12(3)20(10)15-7-11(2)25-18-15)17(23)19-4-5-24-9-13(19)8-16(21)22/h6-7,13H,4-5,8-9H2,1-3H3,(H,21,22). The van der Waals surface area contributed by atoms with Crippen LogP contribution < -0.4 is 0 Å². The molecule has 0 aliphatic carbocycles. The van der Waals surface area contributed by atoms with E-state index in [1.54, 1.807) is 24.0 Å². The Labute approximate surface area is 145 Å². The van der Waals surface area contributed by atoms with Gasteiger partial charge in [-0.25, -0.2) is 0 Å². The Hall–Kier alpha value is -2.61. The van der Waals surface area contributed by atoms with Crippen molar-refractivity contribution < 1.29 is 24.0 Å². The third kappa shape index (κ3) is 3.30. The molecule has 1 aliphatic heterocycles. The zero-order valence-electron chi connectivity index (χ0n) is 14.5. The van der Waals surface area contributed by atoms with Crippen molar-refractivity contribution in [2.75, 3.05) is 19.8 Å². The number of aryl methyl sites for hydroxylation is 2. The van der Waals surface area contributed by atoms with Crippen LogP contribution in [0.5, 0.6) is 0 Å². The molecule has 25 heavy (non-hydrogen) atoms. The maximum atomic E-state index is 13.0. The molecule has 1 atom stereocenters. The van der Waals surface area contributed by atoms with Gasteiger partial charge in [-0.15, -0.1) is 0 Å². The minimum atomic E-state index is -0.947. The van der Waals surface area contributed by atoms with Crippen molar-refractivity contribution in [3.8, 4) is 5.82 Å². The van der Waals surface area contributed by atoms with Crippen LogP contribution in [0.25, 0.3) is 5.82 Å². The van der Waals surface area contributed by atoms with E-state index in [4.69, 9.17) is 14.4 Å². The lowest BCUT2D eigenvalue weighted by molar-refractivity contribution is -0.139. The Morgan fingerprint density at radius 1 is 1.32 bits per heavy atom. The number of ether oxygens (including phenoxy) is 1. The quantitative estimate of drug-likeness (QED) is 0.904. The molecule has 0 radical (unpaired) electrons. The van der Waals surface area contributed by atoms with Crippen molar-refractivity contribution in [2.45, 2.75) is 33.2 Å². The summed E-state index contributed by atoms with van der Waals surface area (Å²) in [4.78, 5) is 25.7. The number of morpholine rings is 1. The molecule has 3 heterocycles. The van der Waals surface area contributed by atoms with E-state index in [9.17, 15) is 9.59 Å². The molecule has 1 saturated heterocycles. The second-order valence-electron chi connectivity index (χ2n) is 6.24. The molecule has 0 aromatic carbocycles. The van der Waals surface area contributed by atoms with Crippen molar-refractivity contribution in [3.63, 3.8) is 0 Å². The number of amides is 1. The van der Waals surface area contributed by atoms with Crippen LogP contribution >= 0.6 is 0 Å². The van der Waals surface area contributed by atoms with Crippen LogP contribution in [0.15, 0.2) is 16.7 Å². The molecule has 0 spiro atoms. The van der Waals surface area contributed by atoms with Crippen molar-refractivity contribution in [1.29, 1.82) is 0 Å². The summed E-state index contributed by atoms with van der Waals surface area (Å²) in [7, 11) is 0. The van der Waals surface area contributed by atoms with Gasteiger partial charge in [0.2, 0.25) is 0 Å². The average Bonchev–Trinajstić information content (AvgIpc) is 3.09. The molecule has 2 aromatic heterocycles. The second kappa shape index (κ2) is 6.72. The summed E-state index contributed by atoms with van der Waals surface area (Å²) in [5.74, 6) is 0.173. The Bertz CT molecular complexity index is 807. The zero-order chi connectivity index (χ0) is 18.1. The van der Waals surface area contributed by atoms with Crippen LogP contribution in [0.3, 0.4) is 0 Å². The van der Waals surface area contributed by atoms with Crippen LogP contribution in [-0.2, 0) is 9.53 Å². The number of carboxylic acids is 1. The van der Waals surface area contributed by atoms with Crippen molar-refractivity contribution in [3.05, 3.63) is 34.8 Å². The maximum Gasteiger partial charge on any atom is 0.305 e. The van der Waals surface area contributed by atoms with E-state index in [0.717, 1.165) is 11.4 Å². The lowest BCUT2D eigenvalue weighted by Crippen LogP contribution is -2.49. The normalized spacial score (nSPS) is 17.7. The lowest BCUT2D eigenvalue weighted by atomic mass is 10.1. The van der Waals surface area contributed by atoms with Gasteiger partial charge in [0, 0.05) is 24.0 Å². The Balaban J connectivity index is 1.93. The number of aromatic nitrogens is 2. The van der Waals surface area contributed by atoms with Crippen molar-refractivity contribution >= 4 is 11.9 Å². The van der Waals surface area contributed by atoms with Crippen molar-refractivity contribution in [1.82, 2.24) is 14.6 Å². The highest BCUT2D eigenvalue weighted by Crippen LogP contribution is 2.24. The average molecular weight is 347 g/mol. The summed E-state index contributed by atoms with van der Waals surface area (Å²) in [6.45, 7) is 6.56. The number of rotatable bonds is 4. The molecule has 134 valence electrons. The molecule has 8 heteroatoms. The number of aliphatic carboxylic acids is 1. The highest BCUT2D eigenvalue weighted by Gasteiger charge is 2.31. The molecule has 2 aromatic rings. The first-order valence-corrected chi connectivity index (χ1v) is 8.11. The van der Waals surface area contributed by atoms with E-state index in [1.165, 1.54) is 0 Å². The van der Waals surface area contributed by atoms with E-state index < -0.39 is 12.0 Å². The fourth-order valence-electron chi connectivity index (χ4n) is 3.24. The predicted molar refractivity (Wildman–Crippen MR) is 87.9 cm³/mol. The highest BCUT2D eigenvalue weighted by molar-refractivity contribution is 5.96. The number of carbonyl (C=O) groups excluding carboxylic acids is 1. The first-order valence-electron chi connectivity index (χ1n) is 8.11. The van der Waals surface area contributed by atoms with Gasteiger partial charge in [0.15, 0.2) is 5.82 Å². The van der Waals surface area contributed by atoms with Crippen LogP contribution in [-0.4, -0.2) is 57.4 Å². The van der Waals surface area contributed by atoms with E-state index >= 15 is 0 Å². The number of nitrogens with zero attached hydrogens (tertiary/aromatic N) is 3. The summed E-state index contributed by atoms with van der Waals surface area (Å²) in [6.07, 6.45) is -0.132. The number of carboxylic acid groups (broad SMARTS) is 1. The van der Waals surface area contributed by atoms with Crippen molar-refractivity contribution in [2.24, 2.45) is 0 Å². The first-order chi connectivity index (χ1) is 11.9. The zero-order valence-corrected chi connectivity index (χ0v) is 14.5. The van der Waals surface area contributed by atoms with Gasteiger partial charge in [0.1, 0.15) is 5.76 Å². The minimum Gasteiger partial charge on any atom is -0.481 e. The Morgan fingerprint density at radius 2 is 2.08 bits per heavy atom. The largest absolute Gasteiger partial charge is 0.481 e. The molecule has 0 bridgehead atoms. The molecular formula is C17H21N3O5. The predicted octanol–water partition coefficient (Wildman–Crippen LogP) is 1.71. The van der Waals surface area contributed by atoms with Gasteiger partial charge in [-0.1, -0.05) is 5.16 Å². The summed E-state index contributed by atoms with van der Waals surface area (Å²) >= 11 is 0. The van der Waals surface area contributed by atoms with Gasteiger partial charge in [-0.3, -0.25) is 14.2 Å². The summed E-state index contributed by atoms with van der Waals surface area (Å²) in [6, 6.07) is 3.14. The second-order valence-corrected chi connectivity index (χ2v) is 6.24. The minimum absolute atomic E-state index is 0.132. The van der Waals surface area contributed by atoms with Crippen LogP contribution in [0.4, 0.5) is 0 Å². The number of carbonyl (C=O) groups is 2. The number of hydrogen-bond acceptors (Lipinski definition) is 5. The third-order valence-corrected chi connectivity index (χ3v) is 4.40. The summed E-state index contributed by atoms with van der Waals surface area (Å²) in [5, 5.41) is 13.1. The van der Waals surface area contributed by atoms with E-state index in [0.29, 0.717) is 30.3 Å². The molecule has 1 amide bonds. The Morgan fingerprint density at radius 3 is 2.72 bits per heavy atom. The van der Waals surface area contributed by atoms with Gasteiger partial charge >= 0.3 is 5.97 Å². The van der Waals surface area contributed by atoms with Gasteiger partial charge in [0.05, 0.1) is 31.2 Å². The molecule has 3 rings (SSSR count). The molecule has 1 aliphatic rings. The number of hydrogen-bond donors (Lipinski definition) is 1. The van der Waals surface area contributed by atoms with Crippen LogP contribution in [0.1, 0.15) is 33.9 Å². The van der Waals surface area contributed by atoms with Crippen LogP contribution in [0, 0.1) is 20.8 Å². The monoisotopic (exact) mass is 347 g/mol. The van der Waals surface area contributed by atoms with Gasteiger partial charge in [-0.05, 0) is 26.8 Å². The molecule has 1 unspecified atom stereocenters. The smallest absolute Gasteiger partial charge is 0.305 e. The molecule has 0 saturated carbocycles. The molecular weight excluding hydrogens is 326 g/mol. The van der Waals surface area contributed by atoms with Gasteiger partial charge in [-0.2, -0.15) is 0 Å². The van der Waals surface area contributed by atoms with E-state index in [-0.39, 0.29) is 18.9 Å². The molecule has 1 fully saturated rings. The highest BCUT2D eigenvalue weighted by atomic mass is 16.5. The molecule has 8 nitrogen and oxygen atoms in total. The fraction of sp³-hybridized carbons (Fsp3) is 0.471. The first kappa shape index (κ1) is 17.2. The fourth-order valence-corrected chi connectivity index (χ4v) is 3.24. The SMILES string of the molecule is Cc1cc(-n2c(C)cc(C(=O)N3CCOCC3CC(=O)O)c2C)no1. The molecule has 1 N–H and O–H groups in total. The van der Waals surface area contributed by atoms with E-state index in [2.05, 4.69) is 5.16 Å². The van der Waals surface area contributed by atoms with Gasteiger partial charge in [0.25, 0.3) is 5.91 Å². The maximum absolute atomic E-state index is 13.0. The topological polar surface area (TPSA) is 97.8 Å². The lowest BCUT2D eigenvalue weighted by Gasteiger charge is -2.34. The van der Waals surface area contributed by atoms with Gasteiger partial charge < -0.3 is 19.3 Å². The van der Waals surface area contributed by atoms with Crippen LogP contribution in [0.2, 0.25) is 0 Å². The third-order valence-electron chi connectivity index (χ3n) is 4.40. The van der Waals surface area contributed by atoms with E-state index in [1.807, 2.05) is 18.4 Å². The Kier molecular flexibility index (Phi) is 4.63.